The highest BCUT2D eigenvalue weighted by molar-refractivity contribution is 5.85. The Balaban J connectivity index is 0.00000176. The fourth-order valence-corrected chi connectivity index (χ4v) is 5.63. The highest BCUT2D eigenvalue weighted by atomic mass is 35.5. The van der Waals surface area contributed by atoms with E-state index in [1.54, 1.807) is 7.11 Å². The molecule has 4 aliphatic rings. The first-order valence-corrected chi connectivity index (χ1v) is 8.57. The van der Waals surface area contributed by atoms with E-state index in [0.29, 0.717) is 18.4 Å². The van der Waals surface area contributed by atoms with Gasteiger partial charge in [0.25, 0.3) is 0 Å². The molecule has 0 aromatic rings. The molecule has 0 radical (unpaired) electrons. The van der Waals surface area contributed by atoms with E-state index in [1.807, 2.05) is 0 Å². The molecular weight excluding hydrogens is 300 g/mol. The van der Waals surface area contributed by atoms with Crippen molar-refractivity contribution in [3.8, 4) is 0 Å². The second kappa shape index (κ2) is 7.06. The number of ether oxygens (including phenoxy) is 1. The van der Waals surface area contributed by atoms with Crippen molar-refractivity contribution in [1.82, 2.24) is 5.32 Å². The van der Waals surface area contributed by atoms with Crippen molar-refractivity contribution in [3.63, 3.8) is 0 Å². The van der Waals surface area contributed by atoms with Crippen molar-refractivity contribution in [1.29, 1.82) is 0 Å². The van der Waals surface area contributed by atoms with Gasteiger partial charge in [0.05, 0.1) is 12.5 Å². The molecule has 2 unspecified atom stereocenters. The molecule has 4 rings (SSSR count). The Labute approximate surface area is 140 Å². The summed E-state index contributed by atoms with van der Waals surface area (Å²) in [6, 6.07) is 0.286. The summed E-state index contributed by atoms with van der Waals surface area (Å²) in [6.45, 7) is 2.62. The van der Waals surface area contributed by atoms with Gasteiger partial charge in [-0.15, -0.1) is 12.4 Å². The Morgan fingerprint density at radius 2 is 1.73 bits per heavy atom. The predicted octanol–water partition coefficient (Wildman–Crippen LogP) is 2.49. The van der Waals surface area contributed by atoms with Crippen LogP contribution in [0.3, 0.4) is 0 Å². The van der Waals surface area contributed by atoms with Crippen LogP contribution in [0.2, 0.25) is 0 Å². The van der Waals surface area contributed by atoms with E-state index in [9.17, 15) is 4.79 Å². The van der Waals surface area contributed by atoms with Crippen LogP contribution in [-0.2, 0) is 9.53 Å². The normalized spacial score (nSPS) is 38.2. The number of carbonyl (C=O) groups excluding carboxylic acids is 1. The van der Waals surface area contributed by atoms with Crippen LogP contribution in [0.5, 0.6) is 0 Å². The maximum atomic E-state index is 12.2. The molecule has 3 N–H and O–H groups in total. The Kier molecular flexibility index (Phi) is 5.79. The third kappa shape index (κ3) is 3.44. The van der Waals surface area contributed by atoms with Crippen molar-refractivity contribution >= 4 is 18.3 Å². The number of rotatable bonds is 6. The minimum absolute atomic E-state index is 0. The number of carbonyl (C=O) groups is 1. The molecule has 0 saturated heterocycles. The highest BCUT2D eigenvalue weighted by Crippen LogP contribution is 2.61. The summed E-state index contributed by atoms with van der Waals surface area (Å²) in [5, 5.41) is 3.26. The number of nitrogens with one attached hydrogen (secondary N) is 1. The lowest BCUT2D eigenvalue weighted by atomic mass is 9.48. The van der Waals surface area contributed by atoms with Crippen LogP contribution in [-0.4, -0.2) is 31.7 Å². The standard InChI is InChI=1S/C17H30N2O2.ClH/c1-11(19-16(20)6-15(10-18)21-2)17-7-12-3-13(8-17)5-14(4-12)9-17;/h11-15H,3-10,18H2,1-2H3,(H,19,20);1H. The largest absolute Gasteiger partial charge is 0.380 e. The smallest absolute Gasteiger partial charge is 0.222 e. The van der Waals surface area contributed by atoms with Crippen molar-refractivity contribution in [2.75, 3.05) is 13.7 Å². The first-order valence-electron chi connectivity index (χ1n) is 8.57. The van der Waals surface area contributed by atoms with Gasteiger partial charge in [0.2, 0.25) is 5.91 Å². The molecule has 4 saturated carbocycles. The molecule has 4 bridgehead atoms. The van der Waals surface area contributed by atoms with Gasteiger partial charge in [-0.3, -0.25) is 4.79 Å². The Hall–Kier alpha value is -0.320. The van der Waals surface area contributed by atoms with Gasteiger partial charge < -0.3 is 15.8 Å². The van der Waals surface area contributed by atoms with E-state index >= 15 is 0 Å². The molecule has 0 aromatic heterocycles. The molecule has 0 aromatic carbocycles. The molecule has 4 nitrogen and oxygen atoms in total. The maximum Gasteiger partial charge on any atom is 0.222 e. The lowest BCUT2D eigenvalue weighted by Gasteiger charge is -2.59. The minimum atomic E-state index is -0.159. The predicted molar refractivity (Wildman–Crippen MR) is 89.9 cm³/mol. The molecule has 0 heterocycles. The quantitative estimate of drug-likeness (QED) is 0.786. The number of halogens is 1. The third-order valence-corrected chi connectivity index (χ3v) is 6.39. The van der Waals surface area contributed by atoms with Gasteiger partial charge >= 0.3 is 0 Å². The molecule has 4 aliphatic carbocycles. The molecule has 0 aliphatic heterocycles. The summed E-state index contributed by atoms with van der Waals surface area (Å²) in [7, 11) is 1.62. The number of hydrogen-bond donors (Lipinski definition) is 2. The second-order valence-electron chi connectivity index (χ2n) is 7.87. The van der Waals surface area contributed by atoms with Crippen LogP contribution in [0.4, 0.5) is 0 Å². The number of amides is 1. The van der Waals surface area contributed by atoms with Crippen LogP contribution < -0.4 is 11.1 Å². The van der Waals surface area contributed by atoms with Gasteiger partial charge in [0.15, 0.2) is 0 Å². The zero-order chi connectivity index (χ0) is 15.0. The fourth-order valence-electron chi connectivity index (χ4n) is 5.63. The summed E-state index contributed by atoms with van der Waals surface area (Å²) < 4.78 is 5.22. The zero-order valence-electron chi connectivity index (χ0n) is 13.8. The molecule has 2 atom stereocenters. The lowest BCUT2D eigenvalue weighted by Crippen LogP contribution is -2.56. The van der Waals surface area contributed by atoms with Crippen molar-refractivity contribution in [2.24, 2.45) is 28.9 Å². The van der Waals surface area contributed by atoms with Crippen molar-refractivity contribution in [3.05, 3.63) is 0 Å². The summed E-state index contributed by atoms with van der Waals surface area (Å²) in [6.07, 6.45) is 8.52. The van der Waals surface area contributed by atoms with Crippen LogP contribution in [0.1, 0.15) is 51.9 Å². The average Bonchev–Trinajstić information content (AvgIpc) is 2.43. The van der Waals surface area contributed by atoms with Gasteiger partial charge in [-0.05, 0) is 68.6 Å². The zero-order valence-corrected chi connectivity index (χ0v) is 14.7. The molecule has 22 heavy (non-hydrogen) atoms. The minimum Gasteiger partial charge on any atom is -0.380 e. The maximum absolute atomic E-state index is 12.2. The van der Waals surface area contributed by atoms with E-state index < -0.39 is 0 Å². The highest BCUT2D eigenvalue weighted by Gasteiger charge is 2.53. The number of hydrogen-bond acceptors (Lipinski definition) is 3. The molecule has 4 fully saturated rings. The molecule has 1 amide bonds. The monoisotopic (exact) mass is 330 g/mol. The summed E-state index contributed by atoms with van der Waals surface area (Å²) in [5.41, 5.74) is 5.97. The van der Waals surface area contributed by atoms with Crippen LogP contribution in [0, 0.1) is 23.2 Å². The Bertz CT molecular complexity index is 363. The Morgan fingerprint density at radius 3 is 2.14 bits per heavy atom. The SMILES string of the molecule is COC(CN)CC(=O)NC(C)C12CC3CC(CC(C3)C1)C2.Cl. The lowest BCUT2D eigenvalue weighted by molar-refractivity contribution is -0.128. The summed E-state index contributed by atoms with van der Waals surface area (Å²) in [4.78, 5) is 12.2. The first-order chi connectivity index (χ1) is 10.0. The summed E-state index contributed by atoms with van der Waals surface area (Å²) >= 11 is 0. The first kappa shape index (κ1) is 18.0. The van der Waals surface area contributed by atoms with E-state index in [2.05, 4.69) is 12.2 Å². The molecule has 128 valence electrons. The van der Waals surface area contributed by atoms with E-state index in [-0.39, 0.29) is 30.5 Å². The van der Waals surface area contributed by atoms with Crippen molar-refractivity contribution < 1.29 is 9.53 Å². The topological polar surface area (TPSA) is 64.3 Å². The Morgan fingerprint density at radius 1 is 1.23 bits per heavy atom. The number of methoxy groups -OCH3 is 1. The summed E-state index contributed by atoms with van der Waals surface area (Å²) in [5.74, 6) is 2.86. The van der Waals surface area contributed by atoms with Crippen LogP contribution in [0.15, 0.2) is 0 Å². The molecule has 5 heteroatoms. The van der Waals surface area contributed by atoms with Gasteiger partial charge in [0, 0.05) is 19.7 Å². The third-order valence-electron chi connectivity index (χ3n) is 6.39. The van der Waals surface area contributed by atoms with Crippen LogP contribution >= 0.6 is 12.4 Å². The second-order valence-corrected chi connectivity index (χ2v) is 7.87. The fraction of sp³-hybridized carbons (Fsp3) is 0.941. The van der Waals surface area contributed by atoms with Gasteiger partial charge in [-0.1, -0.05) is 0 Å². The van der Waals surface area contributed by atoms with Crippen LogP contribution in [0.25, 0.3) is 0 Å². The van der Waals surface area contributed by atoms with Crippen molar-refractivity contribution in [2.45, 2.75) is 64.0 Å². The molecular formula is C17H31ClN2O2. The van der Waals surface area contributed by atoms with Gasteiger partial charge in [0.1, 0.15) is 0 Å². The van der Waals surface area contributed by atoms with Gasteiger partial charge in [-0.25, -0.2) is 0 Å². The number of nitrogens with two attached hydrogens (primary N) is 1. The van der Waals surface area contributed by atoms with E-state index in [0.717, 1.165) is 17.8 Å². The van der Waals surface area contributed by atoms with E-state index in [1.165, 1.54) is 38.5 Å². The molecule has 0 spiro atoms. The van der Waals surface area contributed by atoms with Gasteiger partial charge in [-0.2, -0.15) is 0 Å². The average molecular weight is 331 g/mol. The van der Waals surface area contributed by atoms with E-state index in [4.69, 9.17) is 10.5 Å².